The average molecular weight is 432 g/mol. The van der Waals surface area contributed by atoms with E-state index in [2.05, 4.69) is 15.4 Å². The molecule has 164 valence electrons. The van der Waals surface area contributed by atoms with Gasteiger partial charge in [0.15, 0.2) is 11.5 Å². The zero-order chi connectivity index (χ0) is 21.9. The lowest BCUT2D eigenvalue weighted by Gasteiger charge is -2.12. The summed E-state index contributed by atoms with van der Waals surface area (Å²) < 4.78 is 7.66. The largest absolute Gasteiger partial charge is 0.491 e. The van der Waals surface area contributed by atoms with Crippen LogP contribution in [0.4, 0.5) is 5.82 Å². The Bertz CT molecular complexity index is 1210. The van der Waals surface area contributed by atoms with Crippen LogP contribution in [-0.2, 0) is 6.54 Å². The molecule has 1 atom stereocenters. The van der Waals surface area contributed by atoms with E-state index in [1.807, 2.05) is 53.3 Å². The maximum absolute atomic E-state index is 9.68. The van der Waals surface area contributed by atoms with Gasteiger partial charge >= 0.3 is 0 Å². The highest BCUT2D eigenvalue weighted by atomic mass is 16.5. The molecule has 0 radical (unpaired) electrons. The molecule has 1 aromatic carbocycles. The van der Waals surface area contributed by atoms with Gasteiger partial charge in [-0.05, 0) is 37.1 Å². The summed E-state index contributed by atoms with van der Waals surface area (Å²) in [4.78, 5) is 14.0. The Labute approximate surface area is 185 Å². The van der Waals surface area contributed by atoms with Crippen LogP contribution in [0.5, 0.6) is 5.75 Å². The Hall–Kier alpha value is -3.56. The van der Waals surface area contributed by atoms with Gasteiger partial charge in [0.25, 0.3) is 0 Å². The van der Waals surface area contributed by atoms with Crippen molar-refractivity contribution < 1.29 is 9.84 Å². The number of ether oxygens (including phenoxy) is 1. The fourth-order valence-corrected chi connectivity index (χ4v) is 3.44. The molecule has 0 spiro atoms. The number of nitrogens with one attached hydrogen (secondary N) is 1. The average Bonchev–Trinajstić information content (AvgIpc) is 3.60. The molecule has 1 aliphatic rings. The standard InChI is InChI=1S/C23H25N7O2/c24-11-18(31)14-32-19-6-3-4-15(10-19)21-28-22(26-12-16-5-1-2-9-25-16)20-13-27-30(17-7-8-17)23(20)29-21/h1-6,9-10,13,17-18,31H,7-8,11-12,14,24H2,(H,26,28,29). The van der Waals surface area contributed by atoms with E-state index in [0.717, 1.165) is 35.1 Å². The molecule has 1 unspecified atom stereocenters. The molecule has 3 heterocycles. The summed E-state index contributed by atoms with van der Waals surface area (Å²) in [6, 6.07) is 13.7. The Morgan fingerprint density at radius 1 is 1.19 bits per heavy atom. The molecule has 1 fully saturated rings. The third-order valence-electron chi connectivity index (χ3n) is 5.32. The molecule has 1 aliphatic carbocycles. The van der Waals surface area contributed by atoms with Crippen molar-refractivity contribution in [1.29, 1.82) is 0 Å². The molecule has 0 aliphatic heterocycles. The lowest BCUT2D eigenvalue weighted by atomic mass is 10.2. The minimum atomic E-state index is -0.707. The quantitative estimate of drug-likeness (QED) is 0.369. The number of hydrogen-bond donors (Lipinski definition) is 3. The summed E-state index contributed by atoms with van der Waals surface area (Å²) in [7, 11) is 0. The van der Waals surface area contributed by atoms with Gasteiger partial charge in [-0.25, -0.2) is 14.6 Å². The predicted octanol–water partition coefficient (Wildman–Crippen LogP) is 2.53. The zero-order valence-electron chi connectivity index (χ0n) is 17.6. The SMILES string of the molecule is NCC(O)COc1cccc(-c2nc(NCc3ccccn3)c3cnn(C4CC4)c3n2)c1. The predicted molar refractivity (Wildman–Crippen MR) is 121 cm³/mol. The van der Waals surface area contributed by atoms with Crippen molar-refractivity contribution in [1.82, 2.24) is 24.7 Å². The molecule has 32 heavy (non-hydrogen) atoms. The van der Waals surface area contributed by atoms with Crippen LogP contribution in [0.2, 0.25) is 0 Å². The molecule has 0 bridgehead atoms. The van der Waals surface area contributed by atoms with Crippen LogP contribution in [0.15, 0.2) is 54.9 Å². The van der Waals surface area contributed by atoms with Gasteiger partial charge in [-0.15, -0.1) is 0 Å². The Morgan fingerprint density at radius 2 is 2.09 bits per heavy atom. The lowest BCUT2D eigenvalue weighted by Crippen LogP contribution is -2.26. The van der Waals surface area contributed by atoms with Crippen molar-refractivity contribution in [3.05, 3.63) is 60.6 Å². The van der Waals surface area contributed by atoms with Crippen molar-refractivity contribution in [3.8, 4) is 17.1 Å². The monoisotopic (exact) mass is 431 g/mol. The summed E-state index contributed by atoms with van der Waals surface area (Å²) in [6.45, 7) is 0.822. The Morgan fingerprint density at radius 3 is 2.88 bits per heavy atom. The Balaban J connectivity index is 1.49. The fraction of sp³-hybridized carbons (Fsp3) is 0.304. The van der Waals surface area contributed by atoms with Gasteiger partial charge in [0.05, 0.1) is 29.9 Å². The van der Waals surface area contributed by atoms with Gasteiger partial charge in [-0.3, -0.25) is 4.98 Å². The highest BCUT2D eigenvalue weighted by Gasteiger charge is 2.27. The molecule has 9 heteroatoms. The third-order valence-corrected chi connectivity index (χ3v) is 5.32. The number of nitrogens with zero attached hydrogens (tertiary/aromatic N) is 5. The van der Waals surface area contributed by atoms with Crippen molar-refractivity contribution in [3.63, 3.8) is 0 Å². The van der Waals surface area contributed by atoms with E-state index >= 15 is 0 Å². The maximum atomic E-state index is 9.68. The smallest absolute Gasteiger partial charge is 0.164 e. The van der Waals surface area contributed by atoms with Crippen LogP contribution in [0.3, 0.4) is 0 Å². The number of aromatic nitrogens is 5. The first-order chi connectivity index (χ1) is 15.7. The van der Waals surface area contributed by atoms with Gasteiger partial charge in [0, 0.05) is 18.3 Å². The molecule has 4 N–H and O–H groups in total. The van der Waals surface area contributed by atoms with E-state index < -0.39 is 6.10 Å². The molecule has 0 amide bonds. The van der Waals surface area contributed by atoms with E-state index in [4.69, 9.17) is 20.4 Å². The van der Waals surface area contributed by atoms with Crippen LogP contribution >= 0.6 is 0 Å². The minimum Gasteiger partial charge on any atom is -0.491 e. The number of anilines is 1. The van der Waals surface area contributed by atoms with Crippen molar-refractivity contribution in [2.45, 2.75) is 31.5 Å². The molecule has 3 aromatic heterocycles. The molecular formula is C23H25N7O2. The second kappa shape index (κ2) is 8.89. The zero-order valence-corrected chi connectivity index (χ0v) is 17.6. The second-order valence-electron chi connectivity index (χ2n) is 7.86. The number of aliphatic hydroxyl groups is 1. The number of nitrogens with two attached hydrogens (primary N) is 1. The first kappa shape index (κ1) is 20.3. The van der Waals surface area contributed by atoms with Gasteiger partial charge < -0.3 is 20.9 Å². The van der Waals surface area contributed by atoms with Crippen molar-refractivity contribution in [2.75, 3.05) is 18.5 Å². The molecule has 1 saturated carbocycles. The summed E-state index contributed by atoms with van der Waals surface area (Å²) in [5.74, 6) is 1.91. The number of fused-ring (bicyclic) bond motifs is 1. The van der Waals surface area contributed by atoms with Crippen LogP contribution < -0.4 is 15.8 Å². The second-order valence-corrected chi connectivity index (χ2v) is 7.86. The van der Waals surface area contributed by atoms with E-state index in [1.165, 1.54) is 0 Å². The van der Waals surface area contributed by atoms with Crippen LogP contribution in [0.1, 0.15) is 24.6 Å². The number of aliphatic hydroxyl groups excluding tert-OH is 1. The molecule has 9 nitrogen and oxygen atoms in total. The third kappa shape index (κ3) is 4.39. The lowest BCUT2D eigenvalue weighted by molar-refractivity contribution is 0.114. The number of hydrogen-bond acceptors (Lipinski definition) is 8. The summed E-state index contributed by atoms with van der Waals surface area (Å²) in [6.07, 6.45) is 5.11. The highest BCUT2D eigenvalue weighted by molar-refractivity contribution is 5.88. The number of benzene rings is 1. The maximum Gasteiger partial charge on any atom is 0.164 e. The van der Waals surface area contributed by atoms with E-state index in [-0.39, 0.29) is 13.2 Å². The summed E-state index contributed by atoms with van der Waals surface area (Å²) >= 11 is 0. The van der Waals surface area contributed by atoms with E-state index in [0.29, 0.717) is 30.0 Å². The fourth-order valence-electron chi connectivity index (χ4n) is 3.44. The Kier molecular flexibility index (Phi) is 5.66. The van der Waals surface area contributed by atoms with Crippen molar-refractivity contribution >= 4 is 16.9 Å². The van der Waals surface area contributed by atoms with Crippen LogP contribution in [-0.4, -0.2) is 49.1 Å². The van der Waals surface area contributed by atoms with Gasteiger partial charge in [-0.2, -0.15) is 5.10 Å². The topological polar surface area (TPSA) is 124 Å². The van der Waals surface area contributed by atoms with Gasteiger partial charge in [0.1, 0.15) is 24.3 Å². The first-order valence-corrected chi connectivity index (χ1v) is 10.7. The van der Waals surface area contributed by atoms with Crippen LogP contribution in [0.25, 0.3) is 22.4 Å². The van der Waals surface area contributed by atoms with Gasteiger partial charge in [0.2, 0.25) is 0 Å². The number of rotatable bonds is 9. The molecule has 0 saturated heterocycles. The number of pyridine rings is 1. The molecule has 5 rings (SSSR count). The molecule has 4 aromatic rings. The van der Waals surface area contributed by atoms with E-state index in [9.17, 15) is 5.11 Å². The van der Waals surface area contributed by atoms with Crippen LogP contribution in [0, 0.1) is 0 Å². The minimum absolute atomic E-state index is 0.130. The van der Waals surface area contributed by atoms with Crippen molar-refractivity contribution in [2.24, 2.45) is 5.73 Å². The molecular weight excluding hydrogens is 406 g/mol. The van der Waals surface area contributed by atoms with E-state index in [1.54, 1.807) is 6.20 Å². The summed E-state index contributed by atoms with van der Waals surface area (Å²) in [5, 5.41) is 18.5. The summed E-state index contributed by atoms with van der Waals surface area (Å²) in [5.41, 5.74) is 8.01. The van der Waals surface area contributed by atoms with Gasteiger partial charge in [-0.1, -0.05) is 18.2 Å². The first-order valence-electron chi connectivity index (χ1n) is 10.7. The highest BCUT2D eigenvalue weighted by Crippen LogP contribution is 2.37. The normalized spacial score (nSPS) is 14.4.